The lowest BCUT2D eigenvalue weighted by atomic mass is 10.1. The average Bonchev–Trinajstić information content (AvgIpc) is 3.44. The molecular weight excluding hydrogens is 386 g/mol. The zero-order chi connectivity index (χ0) is 20.8. The maximum atomic E-state index is 4.72. The van der Waals surface area contributed by atoms with Crippen molar-refractivity contribution in [1.82, 2.24) is 34.9 Å². The van der Waals surface area contributed by atoms with E-state index in [0.717, 1.165) is 27.6 Å². The topological polar surface area (TPSA) is 96.0 Å². The van der Waals surface area contributed by atoms with Crippen LogP contribution < -0.4 is 0 Å². The quantitative estimate of drug-likeness (QED) is 0.437. The largest absolute Gasteiger partial charge is 0.335 e. The first-order chi connectivity index (χ1) is 15.2. The molecular formula is C24H17N7. The fourth-order valence-electron chi connectivity index (χ4n) is 3.54. The molecule has 0 bridgehead atoms. The SMILES string of the molecule is Cc1ccc(-c2nc(-c3nc4ccccc4[nH]3)nc(-c3nc4ccccc4[nH]3)n2)cc1. The number of H-pyrrole nitrogens is 2. The number of aromatic amines is 2. The van der Waals surface area contributed by atoms with Gasteiger partial charge < -0.3 is 9.97 Å². The van der Waals surface area contributed by atoms with Crippen LogP contribution in [-0.4, -0.2) is 34.9 Å². The lowest BCUT2D eigenvalue weighted by molar-refractivity contribution is 1.03. The van der Waals surface area contributed by atoms with Gasteiger partial charge in [-0.2, -0.15) is 0 Å². The van der Waals surface area contributed by atoms with E-state index in [2.05, 4.69) is 26.9 Å². The first-order valence-electron chi connectivity index (χ1n) is 9.96. The number of imidazole rings is 2. The summed E-state index contributed by atoms with van der Waals surface area (Å²) in [5.74, 6) is 2.69. The molecule has 31 heavy (non-hydrogen) atoms. The number of hydrogen-bond donors (Lipinski definition) is 2. The summed E-state index contributed by atoms with van der Waals surface area (Å²) in [6.07, 6.45) is 0. The molecule has 0 saturated heterocycles. The molecule has 0 aliphatic carbocycles. The summed E-state index contributed by atoms with van der Waals surface area (Å²) in [5, 5.41) is 0. The van der Waals surface area contributed by atoms with E-state index in [0.29, 0.717) is 29.1 Å². The van der Waals surface area contributed by atoms with E-state index >= 15 is 0 Å². The van der Waals surface area contributed by atoms with Crippen molar-refractivity contribution in [1.29, 1.82) is 0 Å². The summed E-state index contributed by atoms with van der Waals surface area (Å²) in [6.45, 7) is 2.05. The van der Waals surface area contributed by atoms with E-state index in [1.807, 2.05) is 72.8 Å². The van der Waals surface area contributed by atoms with E-state index in [1.54, 1.807) is 0 Å². The highest BCUT2D eigenvalue weighted by molar-refractivity contribution is 5.80. The lowest BCUT2D eigenvalue weighted by Gasteiger charge is -2.05. The van der Waals surface area contributed by atoms with Crippen LogP contribution >= 0.6 is 0 Å². The maximum Gasteiger partial charge on any atom is 0.199 e. The number of nitrogens with one attached hydrogen (secondary N) is 2. The Hall–Kier alpha value is -4.39. The molecule has 0 radical (unpaired) electrons. The molecule has 0 amide bonds. The molecule has 148 valence electrons. The molecule has 0 fully saturated rings. The molecule has 0 atom stereocenters. The van der Waals surface area contributed by atoms with Crippen LogP contribution in [0.15, 0.2) is 72.8 Å². The molecule has 0 saturated carbocycles. The fourth-order valence-corrected chi connectivity index (χ4v) is 3.54. The van der Waals surface area contributed by atoms with Crippen molar-refractivity contribution in [2.45, 2.75) is 6.92 Å². The van der Waals surface area contributed by atoms with E-state index in [-0.39, 0.29) is 0 Å². The summed E-state index contributed by atoms with van der Waals surface area (Å²) in [5.41, 5.74) is 5.66. The second-order valence-electron chi connectivity index (χ2n) is 7.38. The molecule has 3 aromatic carbocycles. The number of aromatic nitrogens is 7. The van der Waals surface area contributed by atoms with Crippen LogP contribution in [0.2, 0.25) is 0 Å². The van der Waals surface area contributed by atoms with Gasteiger partial charge in [0.1, 0.15) is 0 Å². The lowest BCUT2D eigenvalue weighted by Crippen LogP contribution is -2.01. The van der Waals surface area contributed by atoms with Crippen LogP contribution in [0.5, 0.6) is 0 Å². The Labute approximate surface area is 177 Å². The minimum Gasteiger partial charge on any atom is -0.335 e. The molecule has 6 aromatic rings. The smallest absolute Gasteiger partial charge is 0.199 e. The second kappa shape index (κ2) is 6.84. The number of para-hydroxylation sites is 4. The fraction of sp³-hybridized carbons (Fsp3) is 0.0417. The summed E-state index contributed by atoms with van der Waals surface area (Å²) < 4.78 is 0. The molecule has 2 N–H and O–H groups in total. The van der Waals surface area contributed by atoms with Crippen molar-refractivity contribution < 1.29 is 0 Å². The van der Waals surface area contributed by atoms with E-state index in [1.165, 1.54) is 5.56 Å². The third kappa shape index (κ3) is 3.12. The van der Waals surface area contributed by atoms with Crippen molar-refractivity contribution in [2.75, 3.05) is 0 Å². The van der Waals surface area contributed by atoms with Crippen molar-refractivity contribution in [3.05, 3.63) is 78.4 Å². The zero-order valence-corrected chi connectivity index (χ0v) is 16.7. The Balaban J connectivity index is 1.57. The molecule has 3 heterocycles. The van der Waals surface area contributed by atoms with Gasteiger partial charge in [0.05, 0.1) is 22.1 Å². The zero-order valence-electron chi connectivity index (χ0n) is 16.7. The Bertz CT molecular complexity index is 1390. The Morgan fingerprint density at radius 3 is 1.52 bits per heavy atom. The van der Waals surface area contributed by atoms with Gasteiger partial charge in [0.25, 0.3) is 0 Å². The third-order valence-electron chi connectivity index (χ3n) is 5.15. The van der Waals surface area contributed by atoms with E-state index in [4.69, 9.17) is 15.0 Å². The average molecular weight is 403 g/mol. The van der Waals surface area contributed by atoms with Gasteiger partial charge in [-0.3, -0.25) is 0 Å². The van der Waals surface area contributed by atoms with Crippen LogP contribution in [0.25, 0.3) is 56.8 Å². The van der Waals surface area contributed by atoms with Crippen LogP contribution in [0.4, 0.5) is 0 Å². The van der Waals surface area contributed by atoms with Crippen LogP contribution in [0, 0.1) is 6.92 Å². The van der Waals surface area contributed by atoms with Gasteiger partial charge >= 0.3 is 0 Å². The van der Waals surface area contributed by atoms with Gasteiger partial charge in [-0.1, -0.05) is 54.1 Å². The van der Waals surface area contributed by atoms with Gasteiger partial charge in [-0.15, -0.1) is 0 Å². The van der Waals surface area contributed by atoms with Gasteiger partial charge in [0, 0.05) is 5.56 Å². The van der Waals surface area contributed by atoms with Crippen LogP contribution in [-0.2, 0) is 0 Å². The van der Waals surface area contributed by atoms with E-state index in [9.17, 15) is 0 Å². The number of nitrogens with zero attached hydrogens (tertiary/aromatic N) is 5. The third-order valence-corrected chi connectivity index (χ3v) is 5.15. The summed E-state index contributed by atoms with van der Waals surface area (Å²) in [6, 6.07) is 23.8. The Kier molecular flexibility index (Phi) is 3.86. The maximum absolute atomic E-state index is 4.72. The normalized spacial score (nSPS) is 11.4. The molecule has 7 heteroatoms. The van der Waals surface area contributed by atoms with Crippen molar-refractivity contribution >= 4 is 22.1 Å². The molecule has 0 spiro atoms. The number of rotatable bonds is 3. The number of hydrogen-bond acceptors (Lipinski definition) is 5. The highest BCUT2D eigenvalue weighted by Crippen LogP contribution is 2.25. The van der Waals surface area contributed by atoms with Crippen LogP contribution in [0.1, 0.15) is 5.56 Å². The highest BCUT2D eigenvalue weighted by atomic mass is 15.1. The molecule has 6 rings (SSSR count). The summed E-state index contributed by atoms with van der Waals surface area (Å²) in [4.78, 5) is 30.1. The number of aryl methyl sites for hydroxylation is 1. The van der Waals surface area contributed by atoms with E-state index < -0.39 is 0 Å². The summed E-state index contributed by atoms with van der Waals surface area (Å²) >= 11 is 0. The van der Waals surface area contributed by atoms with Crippen molar-refractivity contribution in [2.24, 2.45) is 0 Å². The predicted molar refractivity (Wildman–Crippen MR) is 120 cm³/mol. The Morgan fingerprint density at radius 2 is 1.00 bits per heavy atom. The monoisotopic (exact) mass is 403 g/mol. The Morgan fingerprint density at radius 1 is 0.516 bits per heavy atom. The van der Waals surface area contributed by atoms with Gasteiger partial charge in [-0.25, -0.2) is 24.9 Å². The summed E-state index contributed by atoms with van der Waals surface area (Å²) in [7, 11) is 0. The molecule has 0 aliphatic heterocycles. The number of fused-ring (bicyclic) bond motifs is 2. The number of benzene rings is 3. The van der Waals surface area contributed by atoms with Crippen molar-refractivity contribution in [3.63, 3.8) is 0 Å². The molecule has 0 unspecified atom stereocenters. The first-order valence-corrected chi connectivity index (χ1v) is 9.96. The molecule has 0 aliphatic rings. The van der Waals surface area contributed by atoms with Gasteiger partial charge in [-0.05, 0) is 31.2 Å². The van der Waals surface area contributed by atoms with Gasteiger partial charge in [0.2, 0.25) is 0 Å². The van der Waals surface area contributed by atoms with Gasteiger partial charge in [0.15, 0.2) is 29.1 Å². The predicted octanol–water partition coefficient (Wildman–Crippen LogP) is 4.93. The second-order valence-corrected chi connectivity index (χ2v) is 7.38. The minimum atomic E-state index is 0.470. The van der Waals surface area contributed by atoms with Crippen LogP contribution in [0.3, 0.4) is 0 Å². The first kappa shape index (κ1) is 17.5. The standard InChI is InChI=1S/C24H17N7/c1-14-10-12-15(13-11-14)20-29-23(21-25-16-6-2-3-7-17(16)26-21)31-24(30-20)22-27-18-8-4-5-9-19(18)28-22/h2-13H,1H3,(H,25,26)(H,27,28). The molecule has 7 nitrogen and oxygen atoms in total. The highest BCUT2D eigenvalue weighted by Gasteiger charge is 2.17. The molecule has 3 aromatic heterocycles. The van der Waals surface area contributed by atoms with Crippen molar-refractivity contribution in [3.8, 4) is 34.7 Å². The minimum absolute atomic E-state index is 0.470.